The quantitative estimate of drug-likeness (QED) is 0.571. The predicted molar refractivity (Wildman–Crippen MR) is 125 cm³/mol. The number of benzene rings is 1. The summed E-state index contributed by atoms with van der Waals surface area (Å²) in [7, 11) is 0. The maximum atomic E-state index is 11.8. The number of amidine groups is 1. The fourth-order valence-corrected chi connectivity index (χ4v) is 4.22. The summed E-state index contributed by atoms with van der Waals surface area (Å²) < 4.78 is 0. The van der Waals surface area contributed by atoms with E-state index in [0.29, 0.717) is 6.42 Å². The molecule has 4 nitrogen and oxygen atoms in total. The maximum Gasteiger partial charge on any atom is 0.252 e. The summed E-state index contributed by atoms with van der Waals surface area (Å²) in [4.78, 5) is 22.9. The van der Waals surface area contributed by atoms with Gasteiger partial charge in [-0.2, -0.15) is 0 Å². The Bertz CT molecular complexity index is 953. The van der Waals surface area contributed by atoms with Gasteiger partial charge >= 0.3 is 0 Å². The van der Waals surface area contributed by atoms with Crippen molar-refractivity contribution < 1.29 is 6.22 Å². The normalized spacial score (nSPS) is 18.9. The number of aliphatic imine (C=N–C) groups is 2. The van der Waals surface area contributed by atoms with Gasteiger partial charge in [0.25, 0.3) is 5.91 Å². The van der Waals surface area contributed by atoms with Gasteiger partial charge in [-0.15, -0.1) is 5.73 Å². The van der Waals surface area contributed by atoms with Gasteiger partial charge in [-0.1, -0.05) is 61.2 Å². The van der Waals surface area contributed by atoms with Crippen molar-refractivity contribution in [1.29, 1.82) is 0 Å². The molecule has 1 amide bonds. The molecule has 5 heteroatoms. The summed E-state index contributed by atoms with van der Waals surface area (Å²) >= 11 is 1.72. The zero-order valence-electron chi connectivity index (χ0n) is 17.3. The second-order valence-electron chi connectivity index (χ2n) is 7.16. The van der Waals surface area contributed by atoms with E-state index in [-0.39, 0.29) is 13.3 Å². The SMILES string of the molecule is C=C=C1N=C(SCc2ccc(C)cc2)N(CC)C=C1CC1=CC(CC)C(=O)N=C1.[HH]. The van der Waals surface area contributed by atoms with Crippen LogP contribution in [0.2, 0.25) is 0 Å². The van der Waals surface area contributed by atoms with Crippen LogP contribution in [0, 0.1) is 12.8 Å². The molecule has 0 saturated heterocycles. The van der Waals surface area contributed by atoms with Gasteiger partial charge in [0.05, 0.1) is 5.92 Å². The van der Waals surface area contributed by atoms with E-state index < -0.39 is 0 Å². The summed E-state index contributed by atoms with van der Waals surface area (Å²) in [6.07, 6.45) is 7.27. The van der Waals surface area contributed by atoms with Gasteiger partial charge in [0.2, 0.25) is 0 Å². The number of rotatable bonds is 6. The van der Waals surface area contributed by atoms with Crippen molar-refractivity contribution in [3.63, 3.8) is 0 Å². The van der Waals surface area contributed by atoms with Crippen molar-refractivity contribution in [2.75, 3.05) is 6.54 Å². The van der Waals surface area contributed by atoms with Crippen molar-refractivity contribution in [2.24, 2.45) is 15.9 Å². The van der Waals surface area contributed by atoms with Crippen LogP contribution in [0.4, 0.5) is 0 Å². The molecule has 1 atom stereocenters. The van der Waals surface area contributed by atoms with Crippen LogP contribution in [0.1, 0.15) is 39.2 Å². The first-order valence-electron chi connectivity index (χ1n) is 9.97. The predicted octanol–water partition coefficient (Wildman–Crippen LogP) is 5.67. The first-order chi connectivity index (χ1) is 14.0. The average Bonchev–Trinajstić information content (AvgIpc) is 2.74. The second-order valence-corrected chi connectivity index (χ2v) is 8.11. The van der Waals surface area contributed by atoms with Crippen LogP contribution in [-0.2, 0) is 10.5 Å². The van der Waals surface area contributed by atoms with Crippen LogP contribution in [0.15, 0.2) is 75.7 Å². The minimum atomic E-state index is -0.123. The zero-order chi connectivity index (χ0) is 20.8. The highest BCUT2D eigenvalue weighted by atomic mass is 32.2. The molecule has 0 spiro atoms. The number of nitrogens with zero attached hydrogens (tertiary/aromatic N) is 3. The summed E-state index contributed by atoms with van der Waals surface area (Å²) in [6, 6.07) is 8.59. The van der Waals surface area contributed by atoms with Gasteiger partial charge in [-0.3, -0.25) is 4.79 Å². The monoisotopic (exact) mass is 407 g/mol. The first kappa shape index (κ1) is 21.1. The molecular weight excluding hydrogens is 378 g/mol. The van der Waals surface area contributed by atoms with E-state index in [0.717, 1.165) is 40.7 Å². The van der Waals surface area contributed by atoms with Crippen molar-refractivity contribution in [1.82, 2.24) is 4.90 Å². The van der Waals surface area contributed by atoms with Crippen LogP contribution in [0.3, 0.4) is 0 Å². The zero-order valence-corrected chi connectivity index (χ0v) is 18.1. The number of hydrogen-bond donors (Lipinski definition) is 0. The van der Waals surface area contributed by atoms with Crippen LogP contribution < -0.4 is 0 Å². The molecule has 3 rings (SSSR count). The first-order valence-corrected chi connectivity index (χ1v) is 11.0. The number of aryl methyl sites for hydroxylation is 1. The van der Waals surface area contributed by atoms with Crippen LogP contribution in [-0.4, -0.2) is 28.7 Å². The number of amides is 1. The Hall–Kier alpha value is -2.62. The highest BCUT2D eigenvalue weighted by Gasteiger charge is 2.22. The molecule has 2 heterocycles. The average molecular weight is 408 g/mol. The lowest BCUT2D eigenvalue weighted by atomic mass is 9.95. The molecule has 0 radical (unpaired) electrons. The third-order valence-corrected chi connectivity index (χ3v) is 6.05. The van der Waals surface area contributed by atoms with Crippen molar-refractivity contribution in [2.45, 2.75) is 39.4 Å². The van der Waals surface area contributed by atoms with Gasteiger partial charge in [0, 0.05) is 38.1 Å². The summed E-state index contributed by atoms with van der Waals surface area (Å²) in [5.74, 6) is 0.680. The van der Waals surface area contributed by atoms with Crippen LogP contribution in [0.25, 0.3) is 0 Å². The lowest BCUT2D eigenvalue weighted by molar-refractivity contribution is -0.120. The van der Waals surface area contributed by atoms with Crippen molar-refractivity contribution in [3.8, 4) is 0 Å². The van der Waals surface area contributed by atoms with Gasteiger partial charge in [0.1, 0.15) is 5.70 Å². The van der Waals surface area contributed by atoms with Crippen LogP contribution >= 0.6 is 11.8 Å². The van der Waals surface area contributed by atoms with E-state index in [1.54, 1.807) is 18.0 Å². The van der Waals surface area contributed by atoms with E-state index >= 15 is 0 Å². The molecule has 1 unspecified atom stereocenters. The molecule has 2 aliphatic heterocycles. The summed E-state index contributed by atoms with van der Waals surface area (Å²) in [5, 5.41) is 0.955. The number of carbonyl (C=O) groups excluding carboxylic acids is 1. The fourth-order valence-electron chi connectivity index (χ4n) is 3.22. The van der Waals surface area contributed by atoms with Crippen molar-refractivity contribution >= 4 is 29.1 Å². The topological polar surface area (TPSA) is 45.0 Å². The van der Waals surface area contributed by atoms with E-state index in [1.165, 1.54) is 11.1 Å². The number of allylic oxidation sites excluding steroid dienone is 2. The molecule has 152 valence electrons. The Kier molecular flexibility index (Phi) is 7.08. The minimum absolute atomic E-state index is 0. The Morgan fingerprint density at radius 1 is 1.28 bits per heavy atom. The number of thioether (sulfide) groups is 1. The Balaban J connectivity index is 0.00000320. The molecule has 2 aliphatic rings. The highest BCUT2D eigenvalue weighted by Crippen LogP contribution is 2.30. The van der Waals surface area contributed by atoms with Gasteiger partial charge in [-0.05, 0) is 31.4 Å². The Labute approximate surface area is 179 Å². The molecule has 1 aromatic rings. The maximum absolute atomic E-state index is 11.8. The molecule has 0 saturated carbocycles. The largest absolute Gasteiger partial charge is 0.327 e. The third-order valence-electron chi connectivity index (χ3n) is 4.99. The van der Waals surface area contributed by atoms with Gasteiger partial charge in [-0.25, -0.2) is 9.98 Å². The van der Waals surface area contributed by atoms with E-state index in [4.69, 9.17) is 4.99 Å². The fraction of sp³-hybridized carbons (Fsp3) is 0.333. The van der Waals surface area contributed by atoms with E-state index in [9.17, 15) is 4.79 Å². The minimum Gasteiger partial charge on any atom is -0.327 e. The van der Waals surface area contributed by atoms with Crippen molar-refractivity contribution in [3.05, 3.63) is 76.8 Å². The Morgan fingerprint density at radius 2 is 2.03 bits per heavy atom. The molecule has 0 N–H and O–H groups in total. The second kappa shape index (κ2) is 9.73. The third kappa shape index (κ3) is 5.26. The molecule has 0 bridgehead atoms. The number of dihydropyridines is 1. The Morgan fingerprint density at radius 3 is 2.69 bits per heavy atom. The van der Waals surface area contributed by atoms with Gasteiger partial charge in [0.15, 0.2) is 5.17 Å². The lowest BCUT2D eigenvalue weighted by Crippen LogP contribution is -2.27. The van der Waals surface area contributed by atoms with Gasteiger partial charge < -0.3 is 4.90 Å². The number of carbonyl (C=O) groups is 1. The summed E-state index contributed by atoms with van der Waals surface area (Å²) in [5.41, 5.74) is 8.38. The molecule has 0 aromatic heterocycles. The molecular formula is C24H29N3OS. The smallest absolute Gasteiger partial charge is 0.252 e. The summed E-state index contributed by atoms with van der Waals surface area (Å²) in [6.45, 7) is 10.9. The molecule has 1 aromatic carbocycles. The molecule has 29 heavy (non-hydrogen) atoms. The molecule has 0 aliphatic carbocycles. The highest BCUT2D eigenvalue weighted by molar-refractivity contribution is 8.13. The van der Waals surface area contributed by atoms with Crippen LogP contribution in [0.5, 0.6) is 0 Å². The lowest BCUT2D eigenvalue weighted by Gasteiger charge is -2.26. The van der Waals surface area contributed by atoms with E-state index in [1.807, 2.05) is 13.0 Å². The number of hydrogen-bond acceptors (Lipinski definition) is 4. The molecule has 0 fully saturated rings. The standard InChI is InChI=1S/C24H27N3OS.H2/c1-5-20-12-19(14-25-23(20)28)13-21-15-27(7-3)24(26-22(21)6-2)29-16-18-10-8-17(4)9-11-18;/h8-12,14-15,20H,2,5,7,13,16H2,1,3-4H3;1H. The van der Waals surface area contributed by atoms with E-state index in [2.05, 4.69) is 66.5 Å².